The molecule has 0 atom stereocenters. The van der Waals surface area contributed by atoms with Crippen LogP contribution in [0.15, 0.2) is 18.2 Å². The van der Waals surface area contributed by atoms with Gasteiger partial charge in [0.1, 0.15) is 5.41 Å². The summed E-state index contributed by atoms with van der Waals surface area (Å²) in [5, 5.41) is 6.42. The Kier molecular flexibility index (Phi) is 4.22. The van der Waals surface area contributed by atoms with Crippen molar-refractivity contribution in [2.24, 2.45) is 5.41 Å². The van der Waals surface area contributed by atoms with E-state index in [1.165, 1.54) is 0 Å². The molecule has 1 saturated carbocycles. The molecule has 6 heteroatoms. The van der Waals surface area contributed by atoms with E-state index < -0.39 is 5.41 Å². The van der Waals surface area contributed by atoms with Gasteiger partial charge in [-0.3, -0.25) is 9.59 Å². The molecule has 2 N–H and O–H groups in total. The first-order valence-corrected chi connectivity index (χ1v) is 7.49. The van der Waals surface area contributed by atoms with Gasteiger partial charge >= 0.3 is 0 Å². The Morgan fingerprint density at radius 1 is 1.14 bits per heavy atom. The molecule has 1 aromatic rings. The van der Waals surface area contributed by atoms with Crippen LogP contribution in [-0.2, 0) is 9.59 Å². The summed E-state index contributed by atoms with van der Waals surface area (Å²) in [7, 11) is 0. The van der Waals surface area contributed by atoms with Crippen LogP contribution in [-0.4, -0.2) is 17.4 Å². The van der Waals surface area contributed by atoms with Crippen LogP contribution < -0.4 is 10.6 Å². The summed E-state index contributed by atoms with van der Waals surface area (Å²) in [5.74, 6) is -0.564. The van der Waals surface area contributed by atoms with Crippen LogP contribution in [0.4, 0.5) is 5.69 Å². The fraction of sp³-hybridized carbons (Fsp3) is 0.467. The number of benzene rings is 1. The topological polar surface area (TPSA) is 58.2 Å². The van der Waals surface area contributed by atoms with Crippen molar-refractivity contribution < 1.29 is 9.59 Å². The summed E-state index contributed by atoms with van der Waals surface area (Å²) in [6.07, 6.45) is 1.10. The summed E-state index contributed by atoms with van der Waals surface area (Å²) >= 11 is 11.8. The van der Waals surface area contributed by atoms with Crippen molar-refractivity contribution in [3.05, 3.63) is 28.2 Å². The van der Waals surface area contributed by atoms with Crippen molar-refractivity contribution >= 4 is 40.7 Å². The van der Waals surface area contributed by atoms with Gasteiger partial charge in [-0.05, 0) is 51.8 Å². The van der Waals surface area contributed by atoms with E-state index in [0.717, 1.165) is 0 Å². The van der Waals surface area contributed by atoms with Crippen LogP contribution >= 0.6 is 23.2 Å². The van der Waals surface area contributed by atoms with Crippen LogP contribution in [0.25, 0.3) is 0 Å². The summed E-state index contributed by atoms with van der Waals surface area (Å²) in [4.78, 5) is 24.7. The second-order valence-corrected chi connectivity index (χ2v) is 7.21. The second kappa shape index (κ2) is 5.50. The number of amides is 2. The number of carbonyl (C=O) groups excluding carboxylic acids is 2. The molecule has 1 aliphatic carbocycles. The minimum Gasteiger partial charge on any atom is -0.351 e. The zero-order chi connectivity index (χ0) is 15.8. The first kappa shape index (κ1) is 16.1. The van der Waals surface area contributed by atoms with Crippen LogP contribution in [0.3, 0.4) is 0 Å². The lowest BCUT2D eigenvalue weighted by Crippen LogP contribution is -2.48. The van der Waals surface area contributed by atoms with Gasteiger partial charge in [0.05, 0.1) is 10.7 Å². The minimum absolute atomic E-state index is 0.238. The molecular formula is C15H18Cl2N2O2. The Balaban J connectivity index is 2.11. The summed E-state index contributed by atoms with van der Waals surface area (Å²) in [6.45, 7) is 5.65. The number of hydrogen-bond acceptors (Lipinski definition) is 2. The van der Waals surface area contributed by atoms with Gasteiger partial charge in [-0.15, -0.1) is 0 Å². The van der Waals surface area contributed by atoms with E-state index in [-0.39, 0.29) is 17.4 Å². The SMILES string of the molecule is CC(C)(C)NC(=O)C1(C(=O)Nc2ccc(Cl)cc2Cl)CC1. The number of rotatable bonds is 3. The average molecular weight is 329 g/mol. The Bertz CT molecular complexity index is 590. The monoisotopic (exact) mass is 328 g/mol. The molecule has 1 fully saturated rings. The predicted octanol–water partition coefficient (Wildman–Crippen LogP) is 3.63. The molecule has 0 aromatic heterocycles. The van der Waals surface area contributed by atoms with Crippen molar-refractivity contribution in [3.8, 4) is 0 Å². The van der Waals surface area contributed by atoms with Crippen molar-refractivity contribution in [1.29, 1.82) is 0 Å². The number of carbonyl (C=O) groups is 2. The van der Waals surface area contributed by atoms with Crippen LogP contribution in [0, 0.1) is 5.41 Å². The maximum atomic E-state index is 12.4. The molecule has 0 unspecified atom stereocenters. The van der Waals surface area contributed by atoms with Crippen LogP contribution in [0.2, 0.25) is 10.0 Å². The maximum Gasteiger partial charge on any atom is 0.240 e. The Morgan fingerprint density at radius 3 is 2.24 bits per heavy atom. The van der Waals surface area contributed by atoms with E-state index in [0.29, 0.717) is 28.6 Å². The molecular weight excluding hydrogens is 311 g/mol. The van der Waals surface area contributed by atoms with Gasteiger partial charge in [-0.25, -0.2) is 0 Å². The van der Waals surface area contributed by atoms with E-state index in [1.54, 1.807) is 18.2 Å². The quantitative estimate of drug-likeness (QED) is 0.832. The molecule has 0 bridgehead atoms. The lowest BCUT2D eigenvalue weighted by molar-refractivity contribution is -0.135. The fourth-order valence-corrected chi connectivity index (χ4v) is 2.43. The van der Waals surface area contributed by atoms with Gasteiger partial charge in [-0.2, -0.15) is 0 Å². The summed E-state index contributed by atoms with van der Waals surface area (Å²) in [5.41, 5.74) is -0.887. The largest absolute Gasteiger partial charge is 0.351 e. The average Bonchev–Trinajstić information content (AvgIpc) is 3.11. The van der Waals surface area contributed by atoms with Crippen molar-refractivity contribution in [2.75, 3.05) is 5.32 Å². The Labute approximate surface area is 134 Å². The molecule has 1 aliphatic rings. The third kappa shape index (κ3) is 3.69. The standard InChI is InChI=1S/C15H18Cl2N2O2/c1-14(2,3)19-13(21)15(6-7-15)12(20)18-11-5-4-9(16)8-10(11)17/h4-5,8H,6-7H2,1-3H3,(H,18,20)(H,19,21). The smallest absolute Gasteiger partial charge is 0.240 e. The van der Waals surface area contributed by atoms with Gasteiger partial charge in [0.2, 0.25) is 11.8 Å². The van der Waals surface area contributed by atoms with E-state index in [1.807, 2.05) is 20.8 Å². The molecule has 0 saturated heterocycles. The lowest BCUT2D eigenvalue weighted by Gasteiger charge is -2.24. The molecule has 2 amide bonds. The molecule has 2 rings (SSSR count). The third-order valence-corrected chi connectivity index (χ3v) is 3.83. The van der Waals surface area contributed by atoms with E-state index in [4.69, 9.17) is 23.2 Å². The zero-order valence-electron chi connectivity index (χ0n) is 12.2. The number of anilines is 1. The molecule has 114 valence electrons. The predicted molar refractivity (Wildman–Crippen MR) is 84.7 cm³/mol. The highest BCUT2D eigenvalue weighted by atomic mass is 35.5. The maximum absolute atomic E-state index is 12.4. The highest BCUT2D eigenvalue weighted by Crippen LogP contribution is 2.47. The summed E-state index contributed by atoms with van der Waals surface area (Å²) in [6, 6.07) is 4.81. The Hall–Kier alpha value is -1.26. The number of halogens is 2. The molecule has 1 aromatic carbocycles. The van der Waals surface area contributed by atoms with Gasteiger partial charge < -0.3 is 10.6 Å². The third-order valence-electron chi connectivity index (χ3n) is 3.29. The second-order valence-electron chi connectivity index (χ2n) is 6.36. The highest BCUT2D eigenvalue weighted by Gasteiger charge is 2.57. The van der Waals surface area contributed by atoms with E-state index in [2.05, 4.69) is 10.6 Å². The molecule has 0 spiro atoms. The lowest BCUT2D eigenvalue weighted by atomic mass is 10.0. The van der Waals surface area contributed by atoms with Crippen molar-refractivity contribution in [3.63, 3.8) is 0 Å². The van der Waals surface area contributed by atoms with Crippen molar-refractivity contribution in [1.82, 2.24) is 5.32 Å². The van der Waals surface area contributed by atoms with E-state index in [9.17, 15) is 9.59 Å². The molecule has 4 nitrogen and oxygen atoms in total. The van der Waals surface area contributed by atoms with Gasteiger partial charge in [0.15, 0.2) is 0 Å². The highest BCUT2D eigenvalue weighted by molar-refractivity contribution is 6.36. The number of hydrogen-bond donors (Lipinski definition) is 2. The number of nitrogens with one attached hydrogen (secondary N) is 2. The van der Waals surface area contributed by atoms with Crippen LogP contribution in [0.5, 0.6) is 0 Å². The summed E-state index contributed by atoms with van der Waals surface area (Å²) < 4.78 is 0. The van der Waals surface area contributed by atoms with Crippen molar-refractivity contribution in [2.45, 2.75) is 39.2 Å². The van der Waals surface area contributed by atoms with E-state index >= 15 is 0 Å². The molecule has 21 heavy (non-hydrogen) atoms. The zero-order valence-corrected chi connectivity index (χ0v) is 13.7. The van der Waals surface area contributed by atoms with Gasteiger partial charge in [0, 0.05) is 10.6 Å². The molecule has 0 heterocycles. The fourth-order valence-electron chi connectivity index (χ4n) is 1.98. The normalized spacial score (nSPS) is 16.2. The van der Waals surface area contributed by atoms with Gasteiger partial charge in [-0.1, -0.05) is 23.2 Å². The first-order valence-electron chi connectivity index (χ1n) is 6.73. The molecule has 0 radical (unpaired) electrons. The minimum atomic E-state index is -0.976. The first-order chi connectivity index (χ1) is 9.64. The molecule has 0 aliphatic heterocycles. The van der Waals surface area contributed by atoms with Crippen LogP contribution in [0.1, 0.15) is 33.6 Å². The van der Waals surface area contributed by atoms with Gasteiger partial charge in [0.25, 0.3) is 0 Å². The Morgan fingerprint density at radius 2 is 1.76 bits per heavy atom.